The van der Waals surface area contributed by atoms with Gasteiger partial charge in [-0.2, -0.15) is 0 Å². The summed E-state index contributed by atoms with van der Waals surface area (Å²) >= 11 is 2.11. The number of carboxylic acid groups (broad SMARTS) is 1. The molecule has 0 saturated carbocycles. The number of rotatable bonds is 4. The van der Waals surface area contributed by atoms with Gasteiger partial charge >= 0.3 is 5.97 Å². The average molecular weight is 290 g/mol. The Morgan fingerprint density at radius 2 is 2.00 bits per heavy atom. The molecule has 1 aromatic carbocycles. The van der Waals surface area contributed by atoms with Crippen LogP contribution in [0.25, 0.3) is 0 Å². The van der Waals surface area contributed by atoms with Gasteiger partial charge in [-0.25, -0.2) is 0 Å². The van der Waals surface area contributed by atoms with Crippen molar-refractivity contribution in [2.75, 3.05) is 4.43 Å². The number of halogens is 1. The second-order valence-electron chi connectivity index (χ2n) is 2.88. The number of carbonyl (C=O) groups is 1. The zero-order valence-electron chi connectivity index (χ0n) is 7.11. The van der Waals surface area contributed by atoms with Crippen LogP contribution in [0.15, 0.2) is 30.3 Å². The second-order valence-corrected chi connectivity index (χ2v) is 3.76. The second kappa shape index (κ2) is 5.21. The fourth-order valence-electron chi connectivity index (χ4n) is 1.11. The molecule has 0 aliphatic rings. The molecule has 0 unspecified atom stereocenters. The van der Waals surface area contributed by atoms with Gasteiger partial charge in [-0.1, -0.05) is 52.9 Å². The van der Waals surface area contributed by atoms with Crippen molar-refractivity contribution in [3.05, 3.63) is 35.9 Å². The van der Waals surface area contributed by atoms with E-state index in [0.29, 0.717) is 10.8 Å². The normalized spacial score (nSPS) is 12.4. The average Bonchev–Trinajstić information content (AvgIpc) is 2.15. The lowest BCUT2D eigenvalue weighted by molar-refractivity contribution is -0.140. The Bertz CT molecular complexity index is 272. The highest BCUT2D eigenvalue weighted by Gasteiger charge is 2.15. The molecule has 0 amide bonds. The van der Waals surface area contributed by atoms with Crippen molar-refractivity contribution in [1.82, 2.24) is 0 Å². The molecule has 0 spiro atoms. The van der Waals surface area contributed by atoms with Gasteiger partial charge in [0.15, 0.2) is 0 Å². The lowest BCUT2D eigenvalue weighted by Gasteiger charge is -2.07. The Kier molecular flexibility index (Phi) is 4.21. The highest BCUT2D eigenvalue weighted by molar-refractivity contribution is 14.1. The topological polar surface area (TPSA) is 37.3 Å². The van der Waals surface area contributed by atoms with Crippen LogP contribution in [0, 0.1) is 5.92 Å². The maximum atomic E-state index is 10.7. The first-order valence-corrected chi connectivity index (χ1v) is 5.59. The lowest BCUT2D eigenvalue weighted by atomic mass is 10.0. The van der Waals surface area contributed by atoms with E-state index in [1.807, 2.05) is 30.3 Å². The van der Waals surface area contributed by atoms with E-state index in [1.165, 1.54) is 0 Å². The van der Waals surface area contributed by atoms with Gasteiger partial charge in [-0.15, -0.1) is 0 Å². The van der Waals surface area contributed by atoms with Crippen LogP contribution in [0.3, 0.4) is 0 Å². The van der Waals surface area contributed by atoms with Crippen molar-refractivity contribution in [1.29, 1.82) is 0 Å². The highest BCUT2D eigenvalue weighted by Crippen LogP contribution is 2.11. The highest BCUT2D eigenvalue weighted by atomic mass is 127. The van der Waals surface area contributed by atoms with Gasteiger partial charge in [-0.05, 0) is 12.0 Å². The molecule has 0 radical (unpaired) electrons. The largest absolute Gasteiger partial charge is 0.481 e. The van der Waals surface area contributed by atoms with E-state index < -0.39 is 5.97 Å². The molecule has 0 fully saturated rings. The fraction of sp³-hybridized carbons (Fsp3) is 0.300. The van der Waals surface area contributed by atoms with Gasteiger partial charge in [0.25, 0.3) is 0 Å². The molecule has 0 aromatic heterocycles. The third-order valence-electron chi connectivity index (χ3n) is 1.86. The minimum atomic E-state index is -0.710. The molecule has 0 bridgehead atoms. The number of carboxylic acids is 1. The predicted octanol–water partition coefficient (Wildman–Crippen LogP) is 2.36. The molecule has 0 saturated heterocycles. The Labute approximate surface area is 91.1 Å². The Balaban J connectivity index is 2.62. The molecule has 2 nitrogen and oxygen atoms in total. The molecule has 1 rings (SSSR count). The number of hydrogen-bond acceptors (Lipinski definition) is 1. The van der Waals surface area contributed by atoms with Crippen LogP contribution in [0.4, 0.5) is 0 Å². The van der Waals surface area contributed by atoms with Gasteiger partial charge in [0.05, 0.1) is 5.92 Å². The first kappa shape index (κ1) is 10.5. The molecule has 70 valence electrons. The lowest BCUT2D eigenvalue weighted by Crippen LogP contribution is -2.17. The molecule has 3 heteroatoms. The summed E-state index contributed by atoms with van der Waals surface area (Å²) in [5.41, 5.74) is 1.09. The van der Waals surface area contributed by atoms with Gasteiger partial charge in [-0.3, -0.25) is 4.79 Å². The van der Waals surface area contributed by atoms with Crippen molar-refractivity contribution >= 4 is 28.6 Å². The third-order valence-corrected chi connectivity index (χ3v) is 2.92. The smallest absolute Gasteiger partial charge is 0.307 e. The zero-order valence-corrected chi connectivity index (χ0v) is 9.27. The minimum Gasteiger partial charge on any atom is -0.481 e. The van der Waals surface area contributed by atoms with Gasteiger partial charge < -0.3 is 5.11 Å². The summed E-state index contributed by atoms with van der Waals surface area (Å²) in [7, 11) is 0. The quantitative estimate of drug-likeness (QED) is 0.683. The van der Waals surface area contributed by atoms with Crippen molar-refractivity contribution in [2.45, 2.75) is 6.42 Å². The van der Waals surface area contributed by atoms with Crippen LogP contribution in [0.1, 0.15) is 5.56 Å². The first-order valence-electron chi connectivity index (χ1n) is 4.06. The van der Waals surface area contributed by atoms with Crippen LogP contribution in [-0.2, 0) is 11.2 Å². The van der Waals surface area contributed by atoms with E-state index >= 15 is 0 Å². The molecule has 0 aliphatic heterocycles. The Morgan fingerprint density at radius 3 is 2.46 bits per heavy atom. The molecular formula is C10H11IO2. The molecule has 1 aromatic rings. The van der Waals surface area contributed by atoms with Crippen molar-refractivity contribution < 1.29 is 9.90 Å². The van der Waals surface area contributed by atoms with E-state index in [4.69, 9.17) is 5.11 Å². The van der Waals surface area contributed by atoms with Crippen LogP contribution in [-0.4, -0.2) is 15.5 Å². The summed E-state index contributed by atoms with van der Waals surface area (Å²) in [5.74, 6) is -0.971. The van der Waals surface area contributed by atoms with Crippen LogP contribution in [0.2, 0.25) is 0 Å². The Morgan fingerprint density at radius 1 is 1.38 bits per heavy atom. The SMILES string of the molecule is O=C(O)[C@@H](CI)Cc1ccccc1. The van der Waals surface area contributed by atoms with E-state index in [9.17, 15) is 4.79 Å². The standard InChI is InChI=1S/C10H11IO2/c11-7-9(10(12)13)6-8-4-2-1-3-5-8/h1-5,9H,6-7H2,(H,12,13)/t9-/m1/s1. The third kappa shape index (κ3) is 3.34. The summed E-state index contributed by atoms with van der Waals surface area (Å²) < 4.78 is 0.655. The van der Waals surface area contributed by atoms with Gasteiger partial charge in [0.2, 0.25) is 0 Å². The Hall–Kier alpha value is -0.580. The molecular weight excluding hydrogens is 279 g/mol. The summed E-state index contributed by atoms with van der Waals surface area (Å²) in [6.07, 6.45) is 0.624. The van der Waals surface area contributed by atoms with Crippen LogP contribution in [0.5, 0.6) is 0 Å². The number of alkyl halides is 1. The molecule has 0 aliphatic carbocycles. The van der Waals surface area contributed by atoms with E-state index in [-0.39, 0.29) is 5.92 Å². The van der Waals surface area contributed by atoms with Gasteiger partial charge in [0.1, 0.15) is 0 Å². The van der Waals surface area contributed by atoms with Crippen molar-refractivity contribution in [2.24, 2.45) is 5.92 Å². The fourth-order valence-corrected chi connectivity index (χ4v) is 1.79. The minimum absolute atomic E-state index is 0.261. The monoisotopic (exact) mass is 290 g/mol. The molecule has 1 atom stereocenters. The molecule has 1 N–H and O–H groups in total. The van der Waals surface area contributed by atoms with Crippen molar-refractivity contribution in [3.63, 3.8) is 0 Å². The summed E-state index contributed by atoms with van der Waals surface area (Å²) in [4.78, 5) is 10.7. The van der Waals surface area contributed by atoms with Crippen LogP contribution < -0.4 is 0 Å². The van der Waals surface area contributed by atoms with E-state index in [2.05, 4.69) is 22.6 Å². The van der Waals surface area contributed by atoms with Crippen LogP contribution >= 0.6 is 22.6 Å². The van der Waals surface area contributed by atoms with Crippen molar-refractivity contribution in [3.8, 4) is 0 Å². The molecule has 13 heavy (non-hydrogen) atoms. The first-order chi connectivity index (χ1) is 6.24. The summed E-state index contributed by atoms with van der Waals surface area (Å²) in [6.45, 7) is 0. The summed E-state index contributed by atoms with van der Waals surface area (Å²) in [6, 6.07) is 9.72. The van der Waals surface area contributed by atoms with E-state index in [0.717, 1.165) is 5.56 Å². The number of aliphatic carboxylic acids is 1. The maximum Gasteiger partial charge on any atom is 0.307 e. The summed E-state index contributed by atoms with van der Waals surface area (Å²) in [5, 5.41) is 8.83. The number of benzene rings is 1. The van der Waals surface area contributed by atoms with Gasteiger partial charge in [0, 0.05) is 4.43 Å². The number of hydrogen-bond donors (Lipinski definition) is 1. The van der Waals surface area contributed by atoms with E-state index in [1.54, 1.807) is 0 Å². The molecule has 0 heterocycles. The zero-order chi connectivity index (χ0) is 9.68. The predicted molar refractivity (Wildman–Crippen MR) is 60.2 cm³/mol. The maximum absolute atomic E-state index is 10.7.